The molecule has 0 radical (unpaired) electrons. The lowest BCUT2D eigenvalue weighted by molar-refractivity contribution is 0.119. The van der Waals surface area contributed by atoms with Gasteiger partial charge in [0.2, 0.25) is 0 Å². The summed E-state index contributed by atoms with van der Waals surface area (Å²) in [5, 5.41) is 0.306. The van der Waals surface area contributed by atoms with E-state index in [0.717, 1.165) is 0 Å². The molecule has 0 amide bonds. The highest BCUT2D eigenvalue weighted by Crippen LogP contribution is 2.52. The van der Waals surface area contributed by atoms with E-state index in [1.165, 1.54) is 12.8 Å². The van der Waals surface area contributed by atoms with Crippen molar-refractivity contribution < 1.29 is 9.16 Å². The third kappa shape index (κ3) is 1.90. The Morgan fingerprint density at radius 3 is 2.27 bits per heavy atom. The van der Waals surface area contributed by atoms with Gasteiger partial charge in [-0.05, 0) is 37.9 Å². The van der Waals surface area contributed by atoms with Crippen LogP contribution in [-0.2, 0) is 9.16 Å². The number of ether oxygens (including phenoxy) is 1. The van der Waals surface area contributed by atoms with Gasteiger partial charge in [0.15, 0.2) is 8.32 Å². The molecule has 0 aromatic rings. The lowest BCUT2D eigenvalue weighted by Gasteiger charge is -2.38. The first-order chi connectivity index (χ1) is 6.66. The second-order valence-corrected chi connectivity index (χ2v) is 11.6. The van der Waals surface area contributed by atoms with E-state index >= 15 is 0 Å². The van der Waals surface area contributed by atoms with Crippen LogP contribution in [0.3, 0.4) is 0 Å². The maximum atomic E-state index is 6.40. The van der Waals surface area contributed by atoms with Crippen LogP contribution in [0.1, 0.15) is 40.5 Å². The number of hydrogen-bond acceptors (Lipinski definition) is 2. The topological polar surface area (TPSA) is 21.8 Å². The molecule has 1 saturated carbocycles. The molecule has 15 heavy (non-hydrogen) atoms. The number of rotatable bonds is 2. The minimum absolute atomic E-state index is 0.174. The maximum Gasteiger partial charge on any atom is 0.192 e. The summed E-state index contributed by atoms with van der Waals surface area (Å²) in [6.07, 6.45) is 3.13. The van der Waals surface area contributed by atoms with Gasteiger partial charge in [0, 0.05) is 0 Å². The summed E-state index contributed by atoms with van der Waals surface area (Å²) < 4.78 is 12.1. The SMILES string of the molecule is CC(C)(C)[Si](C)(C)O[C@H]1CC[C@@]2(C)O[C@@H]12. The minimum Gasteiger partial charge on any atom is -0.411 e. The predicted molar refractivity (Wildman–Crippen MR) is 64.6 cm³/mol. The van der Waals surface area contributed by atoms with Crippen molar-refractivity contribution >= 4 is 8.32 Å². The van der Waals surface area contributed by atoms with Crippen molar-refractivity contribution in [3.05, 3.63) is 0 Å². The largest absolute Gasteiger partial charge is 0.411 e. The molecule has 2 nitrogen and oxygen atoms in total. The fraction of sp³-hybridized carbons (Fsp3) is 1.00. The van der Waals surface area contributed by atoms with E-state index < -0.39 is 8.32 Å². The lowest BCUT2D eigenvalue weighted by Crippen LogP contribution is -2.44. The molecule has 0 spiro atoms. The molecule has 3 atom stereocenters. The maximum absolute atomic E-state index is 6.40. The van der Waals surface area contributed by atoms with E-state index in [0.29, 0.717) is 17.2 Å². The molecular formula is C12H24O2Si. The Bertz CT molecular complexity index is 269. The van der Waals surface area contributed by atoms with Crippen molar-refractivity contribution in [1.29, 1.82) is 0 Å². The van der Waals surface area contributed by atoms with Crippen molar-refractivity contribution in [2.24, 2.45) is 0 Å². The average Bonchev–Trinajstić information content (AvgIpc) is 2.62. The van der Waals surface area contributed by atoms with Crippen molar-refractivity contribution in [3.63, 3.8) is 0 Å². The number of hydrogen-bond donors (Lipinski definition) is 0. The number of fused-ring (bicyclic) bond motifs is 1. The van der Waals surface area contributed by atoms with Crippen LogP contribution >= 0.6 is 0 Å². The second-order valence-electron chi connectivity index (χ2n) is 6.81. The summed E-state index contributed by atoms with van der Waals surface area (Å²) in [5.74, 6) is 0. The van der Waals surface area contributed by atoms with Crippen LogP contribution in [0.15, 0.2) is 0 Å². The van der Waals surface area contributed by atoms with E-state index in [-0.39, 0.29) is 5.60 Å². The molecule has 1 saturated heterocycles. The second kappa shape index (κ2) is 3.08. The van der Waals surface area contributed by atoms with E-state index in [1.54, 1.807) is 0 Å². The summed E-state index contributed by atoms with van der Waals surface area (Å²) in [4.78, 5) is 0. The van der Waals surface area contributed by atoms with E-state index in [4.69, 9.17) is 9.16 Å². The first kappa shape index (κ1) is 11.6. The summed E-state index contributed by atoms with van der Waals surface area (Å²) in [6.45, 7) is 13.7. The molecule has 2 fully saturated rings. The van der Waals surface area contributed by atoms with Gasteiger partial charge in [-0.25, -0.2) is 0 Å². The normalized spacial score (nSPS) is 40.4. The van der Waals surface area contributed by atoms with E-state index in [2.05, 4.69) is 40.8 Å². The average molecular weight is 228 g/mol. The molecular weight excluding hydrogens is 204 g/mol. The van der Waals surface area contributed by atoms with Crippen molar-refractivity contribution in [2.45, 2.75) is 76.5 Å². The highest BCUT2D eigenvalue weighted by atomic mass is 28.4. The van der Waals surface area contributed by atoms with E-state index in [9.17, 15) is 0 Å². The summed E-state index contributed by atoms with van der Waals surface area (Å²) in [6, 6.07) is 0. The van der Waals surface area contributed by atoms with Crippen LogP contribution in [-0.4, -0.2) is 26.1 Å². The highest BCUT2D eigenvalue weighted by molar-refractivity contribution is 6.74. The molecule has 1 aliphatic heterocycles. The van der Waals surface area contributed by atoms with Gasteiger partial charge >= 0.3 is 0 Å². The van der Waals surface area contributed by atoms with Crippen LogP contribution in [0.4, 0.5) is 0 Å². The first-order valence-electron chi connectivity index (χ1n) is 6.01. The van der Waals surface area contributed by atoms with Crippen LogP contribution in [0.5, 0.6) is 0 Å². The van der Waals surface area contributed by atoms with Crippen LogP contribution in [0.2, 0.25) is 18.1 Å². The van der Waals surface area contributed by atoms with Crippen LogP contribution < -0.4 is 0 Å². The van der Waals surface area contributed by atoms with Gasteiger partial charge in [0.1, 0.15) is 6.10 Å². The van der Waals surface area contributed by atoms with Gasteiger partial charge in [-0.15, -0.1) is 0 Å². The van der Waals surface area contributed by atoms with Gasteiger partial charge in [-0.2, -0.15) is 0 Å². The van der Waals surface area contributed by atoms with Gasteiger partial charge in [-0.3, -0.25) is 0 Å². The standard InChI is InChI=1S/C12H24O2Si/c1-11(2,3)15(5,6)14-9-7-8-12(4)10(9)13-12/h9-10H,7-8H2,1-6H3/t9-,10-,12+/m0/s1. The van der Waals surface area contributed by atoms with Crippen LogP contribution in [0, 0.1) is 0 Å². The Labute approximate surface area is 94.5 Å². The Morgan fingerprint density at radius 1 is 1.33 bits per heavy atom. The van der Waals surface area contributed by atoms with Gasteiger partial charge in [0.05, 0.1) is 11.7 Å². The van der Waals surface area contributed by atoms with Crippen LogP contribution in [0.25, 0.3) is 0 Å². The molecule has 0 N–H and O–H groups in total. The Morgan fingerprint density at radius 2 is 1.93 bits per heavy atom. The Balaban J connectivity index is 1.98. The van der Waals surface area contributed by atoms with E-state index in [1.807, 2.05) is 0 Å². The van der Waals surface area contributed by atoms with Crippen molar-refractivity contribution in [1.82, 2.24) is 0 Å². The molecule has 0 unspecified atom stereocenters. The molecule has 88 valence electrons. The van der Waals surface area contributed by atoms with Gasteiger partial charge < -0.3 is 9.16 Å². The molecule has 3 heteroatoms. The van der Waals surface area contributed by atoms with Crippen molar-refractivity contribution in [3.8, 4) is 0 Å². The smallest absolute Gasteiger partial charge is 0.192 e. The molecule has 1 aliphatic carbocycles. The fourth-order valence-corrected chi connectivity index (χ4v) is 3.53. The van der Waals surface area contributed by atoms with Gasteiger partial charge in [-0.1, -0.05) is 20.8 Å². The van der Waals surface area contributed by atoms with Gasteiger partial charge in [0.25, 0.3) is 0 Å². The van der Waals surface area contributed by atoms with Crippen molar-refractivity contribution in [2.75, 3.05) is 0 Å². The zero-order valence-electron chi connectivity index (χ0n) is 10.9. The zero-order valence-corrected chi connectivity index (χ0v) is 11.9. The summed E-state index contributed by atoms with van der Waals surface area (Å²) >= 11 is 0. The quantitative estimate of drug-likeness (QED) is 0.534. The third-order valence-electron chi connectivity index (χ3n) is 4.46. The minimum atomic E-state index is -1.60. The fourth-order valence-electron chi connectivity index (χ4n) is 2.18. The summed E-state index contributed by atoms with van der Waals surface area (Å²) in [7, 11) is -1.60. The molecule has 2 aliphatic rings. The predicted octanol–water partition coefficient (Wildman–Crippen LogP) is 3.33. The highest BCUT2D eigenvalue weighted by Gasteiger charge is 2.62. The first-order valence-corrected chi connectivity index (χ1v) is 8.92. The number of epoxide rings is 1. The molecule has 0 aromatic heterocycles. The molecule has 2 rings (SSSR count). The third-order valence-corrected chi connectivity index (χ3v) is 8.96. The Kier molecular flexibility index (Phi) is 2.39. The lowest BCUT2D eigenvalue weighted by atomic mass is 10.1. The monoisotopic (exact) mass is 228 g/mol. The molecule has 0 aromatic carbocycles. The Hall–Kier alpha value is 0.137. The summed E-state index contributed by atoms with van der Waals surface area (Å²) in [5.41, 5.74) is 0.174. The molecule has 1 heterocycles. The zero-order chi connectivity index (χ0) is 11.5. The molecule has 0 bridgehead atoms.